The van der Waals surface area contributed by atoms with Crippen LogP contribution in [0, 0.1) is 19.8 Å². The number of aromatic hydroxyl groups is 1. The van der Waals surface area contributed by atoms with E-state index in [9.17, 15) is 12.0 Å². The van der Waals surface area contributed by atoms with Gasteiger partial charge in [-0.05, 0) is 121 Å². The molecule has 0 aliphatic heterocycles. The van der Waals surface area contributed by atoms with E-state index in [1.807, 2.05) is 139 Å². The van der Waals surface area contributed by atoms with Crippen molar-refractivity contribution in [1.29, 1.82) is 0 Å². The van der Waals surface area contributed by atoms with Crippen LogP contribution in [0.25, 0.3) is 83.9 Å². The van der Waals surface area contributed by atoms with Crippen LogP contribution < -0.4 is 0 Å². The molecular weight excluding hydrogens is 1050 g/mol. The number of imidazole rings is 1. The summed E-state index contributed by atoms with van der Waals surface area (Å²) in [6.45, 7) is 6.19. The predicted molar refractivity (Wildman–Crippen MR) is 296 cm³/mol. The van der Waals surface area contributed by atoms with Crippen molar-refractivity contribution in [3.63, 3.8) is 0 Å². The molecule has 0 aliphatic rings. The van der Waals surface area contributed by atoms with Gasteiger partial charge < -0.3 is 5.11 Å². The first kappa shape index (κ1) is 34.1. The summed E-state index contributed by atoms with van der Waals surface area (Å²) in [6.07, 6.45) is 1.38. The smallest absolute Gasteiger partial charge is 0.148 e. The molecule has 0 saturated heterocycles. The van der Waals surface area contributed by atoms with Crippen LogP contribution in [-0.4, -0.2) is 19.6 Å². The number of rotatable bonds is 7. The fraction of sp³-hybridized carbons (Fsp3) is 0.273. The first-order chi connectivity index (χ1) is 39.6. The third-order valence-corrected chi connectivity index (χ3v) is 12.8. The van der Waals surface area contributed by atoms with Crippen molar-refractivity contribution in [2.24, 2.45) is 0 Å². The van der Waals surface area contributed by atoms with Gasteiger partial charge in [-0.1, -0.05) is 197 Å². The fourth-order valence-corrected chi connectivity index (χ4v) is 9.16. The summed E-state index contributed by atoms with van der Waals surface area (Å²) in [6, 6.07) is 37.3. The van der Waals surface area contributed by atoms with Crippen LogP contribution >= 0.6 is 0 Å². The molecule has 0 radical (unpaired) electrons. The van der Waals surface area contributed by atoms with E-state index in [4.69, 9.17) is 20.1 Å². The van der Waals surface area contributed by atoms with Gasteiger partial charge in [0.05, 0.1) is 27.8 Å². The van der Waals surface area contributed by atoms with Crippen LogP contribution in [-0.2, 0) is 42.7 Å². The van der Waals surface area contributed by atoms with Gasteiger partial charge in [-0.3, -0.25) is 9.55 Å². The van der Waals surface area contributed by atoms with Gasteiger partial charge in [0.25, 0.3) is 0 Å². The van der Waals surface area contributed by atoms with Crippen molar-refractivity contribution in [1.82, 2.24) is 14.5 Å². The van der Waals surface area contributed by atoms with Gasteiger partial charge in [0.1, 0.15) is 11.6 Å². The SMILES string of the molecule is [2H]c1c([2H])c(C(C([2H])([2H])[2H])(C([2H])([2H])[2H])C([2H])([2H])[2H])c([2H])c([2H])c1-c1ccnc(-c2[c-]c(-c3cccc4c3nc(-c3cc(C)cc(C(C)(C)C)c3O)n4-c3ccc(-c4c(-c5ccccc5)cccc4C(C)(C)C)cc3C([2H])([2H])[2H])cc(C(C)(C)C)c2)c1.[Pt]. The van der Waals surface area contributed by atoms with Crippen LogP contribution in [0.5, 0.6) is 5.75 Å². The second-order valence-electron chi connectivity index (χ2n) is 21.4. The Bertz CT molecular complexity index is 4070. The summed E-state index contributed by atoms with van der Waals surface area (Å²) < 4.78 is 140. The minimum atomic E-state index is -3.84. The molecular formula is C66H68N3OPt-. The first-order valence-electron chi connectivity index (χ1n) is 31.5. The number of phenolic OH excluding ortho intramolecular Hbond substituents is 1. The van der Waals surface area contributed by atoms with Crippen LogP contribution in [0.4, 0.5) is 0 Å². The summed E-state index contributed by atoms with van der Waals surface area (Å²) in [4.78, 5) is 10.1. The largest absolute Gasteiger partial charge is 0.507 e. The van der Waals surface area contributed by atoms with E-state index >= 15 is 0 Å². The number of benzene rings is 7. The van der Waals surface area contributed by atoms with Crippen molar-refractivity contribution in [2.75, 3.05) is 0 Å². The normalized spacial score (nSPS) is 16.3. The molecule has 2 aromatic heterocycles. The second kappa shape index (κ2) is 19.0. The molecule has 7 aromatic carbocycles. The van der Waals surface area contributed by atoms with Crippen molar-refractivity contribution in [2.45, 2.75) is 118 Å². The number of phenols is 1. The number of aryl methyl sites for hydroxylation is 2. The van der Waals surface area contributed by atoms with Crippen molar-refractivity contribution in [3.8, 4) is 78.6 Å². The second-order valence-corrected chi connectivity index (χ2v) is 21.4. The van der Waals surface area contributed by atoms with E-state index < -0.39 is 73.4 Å². The molecule has 0 amide bonds. The van der Waals surface area contributed by atoms with Crippen molar-refractivity contribution < 1.29 is 48.1 Å². The average molecular weight is 1130 g/mol. The van der Waals surface area contributed by atoms with Crippen LogP contribution in [0.1, 0.15) is 138 Å². The van der Waals surface area contributed by atoms with Gasteiger partial charge >= 0.3 is 0 Å². The molecule has 0 saturated carbocycles. The van der Waals surface area contributed by atoms with Gasteiger partial charge in [-0.15, -0.1) is 29.3 Å². The molecule has 0 atom stereocenters. The van der Waals surface area contributed by atoms with E-state index in [1.165, 1.54) is 18.3 Å². The number of hydrogen-bond donors (Lipinski definition) is 1. The van der Waals surface area contributed by atoms with Crippen molar-refractivity contribution >= 4 is 11.0 Å². The summed E-state index contributed by atoms with van der Waals surface area (Å²) >= 11 is 0. The maximum atomic E-state index is 12.5. The Morgan fingerprint density at radius 2 is 1.27 bits per heavy atom. The standard InChI is InChI=1S/C66H68N3O.Pt/c1-41-34-53(61(70)55(35-41)66(12,13)14)62-68-60-52(47-37-48(39-50(38-47)64(6,7)8)56-40-45(32-33-67-56)43-26-29-49(30-27-43)63(3,4)5)23-19-25-58(60)69(62)57-31-28-46(36-42(57)2)59-51(44-20-16-15-17-21-44)22-18-24-54(59)65(9,10)11;/h15-36,38-40,70H,1-14H3;/q-1;/i2D3,3D3,4D3,5D3,26D,27D,29D,30D;. The van der Waals surface area contributed by atoms with E-state index in [0.29, 0.717) is 50.1 Å². The summed E-state index contributed by atoms with van der Waals surface area (Å²) in [7, 11) is 0. The van der Waals surface area contributed by atoms with E-state index in [2.05, 4.69) is 44.0 Å². The molecule has 0 fully saturated rings. The van der Waals surface area contributed by atoms with Crippen LogP contribution in [0.15, 0.2) is 152 Å². The van der Waals surface area contributed by atoms with Gasteiger partial charge in [0.15, 0.2) is 0 Å². The zero-order valence-electron chi connectivity index (χ0n) is 57.7. The molecule has 4 nitrogen and oxygen atoms in total. The van der Waals surface area contributed by atoms with Crippen LogP contribution in [0.2, 0.25) is 0 Å². The van der Waals surface area contributed by atoms with E-state index in [1.54, 1.807) is 10.6 Å². The third kappa shape index (κ3) is 10.1. The molecule has 1 N–H and O–H groups in total. The van der Waals surface area contributed by atoms with Gasteiger partial charge in [-0.25, -0.2) is 4.98 Å². The quantitative estimate of drug-likeness (QED) is 0.162. The monoisotopic (exact) mass is 1130 g/mol. The van der Waals surface area contributed by atoms with Crippen LogP contribution in [0.3, 0.4) is 0 Å². The topological polar surface area (TPSA) is 50.9 Å². The molecule has 0 aliphatic carbocycles. The Kier molecular flexibility index (Phi) is 9.13. The minimum absolute atomic E-state index is 0. The molecule has 2 heterocycles. The molecule has 9 aromatic rings. The summed E-state index contributed by atoms with van der Waals surface area (Å²) in [5.41, 5.74) is 3.59. The number of para-hydroxylation sites is 1. The Morgan fingerprint density at radius 3 is 1.94 bits per heavy atom. The molecule has 5 heteroatoms. The first-order valence-corrected chi connectivity index (χ1v) is 23.5. The number of hydrogen-bond acceptors (Lipinski definition) is 3. The maximum absolute atomic E-state index is 12.5. The summed E-state index contributed by atoms with van der Waals surface area (Å²) in [5, 5.41) is 12.5. The predicted octanol–water partition coefficient (Wildman–Crippen LogP) is 17.7. The molecule has 9 rings (SSSR count). The number of aromatic nitrogens is 3. The number of fused-ring (bicyclic) bond motifs is 1. The zero-order chi connectivity index (χ0) is 63.6. The molecule has 0 spiro atoms. The average Bonchev–Trinajstić information content (AvgIpc) is 1.08. The Morgan fingerprint density at radius 1 is 0.577 bits per heavy atom. The molecule has 0 unspecified atom stereocenters. The van der Waals surface area contributed by atoms with E-state index in [-0.39, 0.29) is 60.4 Å². The number of pyridine rings is 1. The summed E-state index contributed by atoms with van der Waals surface area (Å²) in [5.74, 6) is 0.260. The Balaban J connectivity index is 0.00000982. The minimum Gasteiger partial charge on any atom is -0.507 e. The molecule has 364 valence electrons. The fourth-order valence-electron chi connectivity index (χ4n) is 9.16. The Labute approximate surface area is 460 Å². The Hall–Kier alpha value is -6.35. The molecule has 0 bridgehead atoms. The van der Waals surface area contributed by atoms with Gasteiger partial charge in [-0.2, -0.15) is 0 Å². The zero-order valence-corrected chi connectivity index (χ0v) is 44.0. The number of nitrogens with zero attached hydrogens (tertiary/aromatic N) is 3. The maximum Gasteiger partial charge on any atom is 0.148 e. The van der Waals surface area contributed by atoms with Gasteiger partial charge in [0.2, 0.25) is 0 Å². The van der Waals surface area contributed by atoms with E-state index in [0.717, 1.165) is 33.4 Å². The molecule has 71 heavy (non-hydrogen) atoms. The van der Waals surface area contributed by atoms with Crippen molar-refractivity contribution in [3.05, 3.63) is 191 Å². The van der Waals surface area contributed by atoms with Gasteiger partial charge in [0, 0.05) is 55.0 Å². The third-order valence-electron chi connectivity index (χ3n) is 12.8.